The lowest BCUT2D eigenvalue weighted by Crippen LogP contribution is -2.26. The van der Waals surface area contributed by atoms with Gasteiger partial charge in [0.1, 0.15) is 0 Å². The Bertz CT molecular complexity index is 1170. The highest BCUT2D eigenvalue weighted by Crippen LogP contribution is 2.27. The number of Topliss-reactive ketones (excluding diaryl/α,β-unsaturated/α-hetero) is 1. The Morgan fingerprint density at radius 3 is 2.47 bits per heavy atom. The Balaban J connectivity index is 1.76. The lowest BCUT2D eigenvalue weighted by molar-refractivity contribution is -0.136. The van der Waals surface area contributed by atoms with Crippen LogP contribution in [0.3, 0.4) is 0 Å². The molecule has 1 heterocycles. The van der Waals surface area contributed by atoms with Crippen LogP contribution in [0.1, 0.15) is 65.4 Å². The minimum Gasteiger partial charge on any atom is -0.481 e. The van der Waals surface area contributed by atoms with Crippen molar-refractivity contribution in [2.75, 3.05) is 6.54 Å². The van der Waals surface area contributed by atoms with E-state index in [1.165, 1.54) is 0 Å². The van der Waals surface area contributed by atoms with Gasteiger partial charge in [0.2, 0.25) is 0 Å². The van der Waals surface area contributed by atoms with Crippen LogP contribution < -0.4 is 5.32 Å². The fourth-order valence-electron chi connectivity index (χ4n) is 4.19. The minimum atomic E-state index is -0.955. The maximum absolute atomic E-state index is 13.6. The van der Waals surface area contributed by atoms with Crippen molar-refractivity contribution in [2.24, 2.45) is 13.0 Å². The molecule has 6 nitrogen and oxygen atoms in total. The van der Waals surface area contributed by atoms with Crippen molar-refractivity contribution >= 4 is 40.2 Å². The highest BCUT2D eigenvalue weighted by molar-refractivity contribution is 6.31. The molecule has 0 aliphatic carbocycles. The average molecular weight is 483 g/mol. The van der Waals surface area contributed by atoms with Gasteiger partial charge in [0, 0.05) is 41.0 Å². The normalized spacial score (nSPS) is 12.0. The third kappa shape index (κ3) is 6.48. The van der Waals surface area contributed by atoms with Gasteiger partial charge in [0.15, 0.2) is 5.78 Å². The summed E-state index contributed by atoms with van der Waals surface area (Å²) in [7, 11) is 1.91. The van der Waals surface area contributed by atoms with Crippen molar-refractivity contribution < 1.29 is 19.5 Å². The number of aryl methyl sites for hydroxylation is 1. The van der Waals surface area contributed by atoms with Crippen LogP contribution in [0.25, 0.3) is 10.9 Å². The van der Waals surface area contributed by atoms with Crippen molar-refractivity contribution in [3.8, 4) is 0 Å². The maximum Gasteiger partial charge on any atom is 0.305 e. The number of nitrogens with zero attached hydrogens (tertiary/aromatic N) is 1. The molecule has 0 saturated carbocycles. The number of carboxylic acids is 1. The topological polar surface area (TPSA) is 88.4 Å². The summed E-state index contributed by atoms with van der Waals surface area (Å²) in [6, 6.07) is 14.7. The molecule has 0 aliphatic rings. The van der Waals surface area contributed by atoms with Crippen molar-refractivity contribution in [1.29, 1.82) is 0 Å². The van der Waals surface area contributed by atoms with Crippen LogP contribution in [0.15, 0.2) is 48.5 Å². The summed E-state index contributed by atoms with van der Waals surface area (Å²) in [5.41, 5.74) is 3.10. The SMILES string of the molecule is CCCCCC(Cc1ccc(C(=O)NCCC(=O)O)cc1)C(=O)c1cc2cc(Cl)ccc2n1C. The van der Waals surface area contributed by atoms with Crippen LogP contribution in [0.5, 0.6) is 0 Å². The molecular weight excluding hydrogens is 452 g/mol. The molecule has 1 unspecified atom stereocenters. The first-order valence-electron chi connectivity index (χ1n) is 11.7. The van der Waals surface area contributed by atoms with E-state index >= 15 is 0 Å². The van der Waals surface area contributed by atoms with E-state index in [1.54, 1.807) is 12.1 Å². The standard InChI is InChI=1S/C27H31ClN2O4/c1-3-4-5-6-20(26(33)24-17-21-16-22(28)11-12-23(21)30(24)2)15-18-7-9-19(10-8-18)27(34)29-14-13-25(31)32/h7-12,16-17,20H,3-6,13-15H2,1-2H3,(H,29,34)(H,31,32). The van der Waals surface area contributed by atoms with Crippen LogP contribution in [0.2, 0.25) is 5.02 Å². The van der Waals surface area contributed by atoms with Gasteiger partial charge in [-0.05, 0) is 54.8 Å². The van der Waals surface area contributed by atoms with Gasteiger partial charge in [0.05, 0.1) is 12.1 Å². The van der Waals surface area contributed by atoms with Gasteiger partial charge in [-0.2, -0.15) is 0 Å². The second-order valence-electron chi connectivity index (χ2n) is 8.65. The molecule has 1 amide bonds. The molecule has 2 N–H and O–H groups in total. The number of hydrogen-bond acceptors (Lipinski definition) is 3. The molecular formula is C27H31ClN2O4. The zero-order valence-corrected chi connectivity index (χ0v) is 20.4. The molecule has 7 heteroatoms. The Kier molecular flexibility index (Phi) is 8.88. The molecule has 0 bridgehead atoms. The average Bonchev–Trinajstić information content (AvgIpc) is 3.13. The van der Waals surface area contributed by atoms with Gasteiger partial charge in [0.25, 0.3) is 5.91 Å². The van der Waals surface area contributed by atoms with Gasteiger partial charge in [-0.25, -0.2) is 0 Å². The predicted molar refractivity (Wildman–Crippen MR) is 135 cm³/mol. The number of aromatic nitrogens is 1. The number of fused-ring (bicyclic) bond motifs is 1. The zero-order chi connectivity index (χ0) is 24.7. The number of ketones is 1. The van der Waals surface area contributed by atoms with Crippen LogP contribution in [-0.2, 0) is 18.3 Å². The number of unbranched alkanes of at least 4 members (excludes halogenated alkanes) is 2. The molecule has 0 fully saturated rings. The summed E-state index contributed by atoms with van der Waals surface area (Å²) in [6.45, 7) is 2.23. The number of halogens is 1. The number of amides is 1. The molecule has 0 spiro atoms. The van der Waals surface area contributed by atoms with E-state index in [9.17, 15) is 14.4 Å². The zero-order valence-electron chi connectivity index (χ0n) is 19.6. The smallest absolute Gasteiger partial charge is 0.305 e. The molecule has 180 valence electrons. The molecule has 0 radical (unpaired) electrons. The predicted octanol–water partition coefficient (Wildman–Crippen LogP) is 5.66. The summed E-state index contributed by atoms with van der Waals surface area (Å²) < 4.78 is 1.94. The molecule has 0 aliphatic heterocycles. The second kappa shape index (κ2) is 11.8. The Morgan fingerprint density at radius 1 is 1.06 bits per heavy atom. The van der Waals surface area contributed by atoms with Gasteiger partial charge in [-0.15, -0.1) is 0 Å². The summed E-state index contributed by atoms with van der Waals surface area (Å²) in [4.78, 5) is 36.4. The molecule has 0 saturated heterocycles. The van der Waals surface area contributed by atoms with E-state index in [-0.39, 0.29) is 30.6 Å². The molecule has 3 rings (SSSR count). The number of carbonyl (C=O) groups excluding carboxylic acids is 2. The largest absolute Gasteiger partial charge is 0.481 e. The summed E-state index contributed by atoms with van der Waals surface area (Å²) in [5.74, 6) is -1.32. The number of hydrogen-bond donors (Lipinski definition) is 2. The van der Waals surface area contributed by atoms with Crippen LogP contribution in [0, 0.1) is 5.92 Å². The van der Waals surface area contributed by atoms with E-state index in [0.717, 1.165) is 42.1 Å². The van der Waals surface area contributed by atoms with Crippen molar-refractivity contribution in [3.63, 3.8) is 0 Å². The Labute approximate surface area is 204 Å². The van der Waals surface area contributed by atoms with Crippen molar-refractivity contribution in [3.05, 3.63) is 70.4 Å². The number of benzene rings is 2. The quantitative estimate of drug-likeness (QED) is 0.257. The summed E-state index contributed by atoms with van der Waals surface area (Å²) >= 11 is 6.14. The highest BCUT2D eigenvalue weighted by atomic mass is 35.5. The number of nitrogens with one attached hydrogen (secondary N) is 1. The molecule has 34 heavy (non-hydrogen) atoms. The Hall–Kier alpha value is -3.12. The number of rotatable bonds is 12. The lowest BCUT2D eigenvalue weighted by atomic mass is 9.88. The van der Waals surface area contributed by atoms with Crippen molar-refractivity contribution in [1.82, 2.24) is 9.88 Å². The van der Waals surface area contributed by atoms with Gasteiger partial charge >= 0.3 is 5.97 Å². The van der Waals surface area contributed by atoms with E-state index in [0.29, 0.717) is 22.7 Å². The molecule has 1 atom stereocenters. The first kappa shape index (κ1) is 25.5. The van der Waals surface area contributed by atoms with Crippen LogP contribution >= 0.6 is 11.6 Å². The van der Waals surface area contributed by atoms with Crippen LogP contribution in [-0.4, -0.2) is 33.9 Å². The first-order chi connectivity index (χ1) is 16.3. The van der Waals surface area contributed by atoms with E-state index in [1.807, 2.05) is 48.0 Å². The molecule has 2 aromatic carbocycles. The first-order valence-corrected chi connectivity index (χ1v) is 12.1. The van der Waals surface area contributed by atoms with E-state index in [2.05, 4.69) is 12.2 Å². The number of carboxylic acid groups (broad SMARTS) is 1. The van der Waals surface area contributed by atoms with Gasteiger partial charge in [-0.1, -0.05) is 49.9 Å². The third-order valence-electron chi connectivity index (χ3n) is 6.11. The van der Waals surface area contributed by atoms with Crippen molar-refractivity contribution in [2.45, 2.75) is 45.4 Å². The number of aliphatic carboxylic acids is 1. The summed E-state index contributed by atoms with van der Waals surface area (Å²) in [5, 5.41) is 12.9. The fraction of sp³-hybridized carbons (Fsp3) is 0.370. The summed E-state index contributed by atoms with van der Waals surface area (Å²) in [6.07, 6.45) is 4.40. The molecule has 3 aromatic rings. The second-order valence-corrected chi connectivity index (χ2v) is 9.09. The third-order valence-corrected chi connectivity index (χ3v) is 6.34. The van der Waals surface area contributed by atoms with Gasteiger partial charge in [-0.3, -0.25) is 14.4 Å². The molecule has 1 aromatic heterocycles. The highest BCUT2D eigenvalue weighted by Gasteiger charge is 2.24. The van der Waals surface area contributed by atoms with E-state index < -0.39 is 5.97 Å². The lowest BCUT2D eigenvalue weighted by Gasteiger charge is -2.17. The van der Waals surface area contributed by atoms with E-state index in [4.69, 9.17) is 16.7 Å². The maximum atomic E-state index is 13.6. The van der Waals surface area contributed by atoms with Gasteiger partial charge < -0.3 is 15.0 Å². The fourth-order valence-corrected chi connectivity index (χ4v) is 4.37. The number of carbonyl (C=O) groups is 3. The monoisotopic (exact) mass is 482 g/mol. The van der Waals surface area contributed by atoms with Crippen LogP contribution in [0.4, 0.5) is 0 Å². The minimum absolute atomic E-state index is 0.0835. The Morgan fingerprint density at radius 2 is 1.79 bits per heavy atom.